The quantitative estimate of drug-likeness (QED) is 0.650. The van der Waals surface area contributed by atoms with Crippen molar-refractivity contribution in [1.82, 2.24) is 0 Å². The predicted molar refractivity (Wildman–Crippen MR) is 69.1 cm³/mol. The normalized spacial score (nSPS) is 14.7. The van der Waals surface area contributed by atoms with Crippen LogP contribution < -0.4 is 5.73 Å². The molecule has 0 heterocycles. The number of hydrogen-bond acceptors (Lipinski definition) is 4. The molecule has 2 atom stereocenters. The molecule has 98 valence electrons. The number of aldehydes is 1. The van der Waals surface area contributed by atoms with Crippen molar-refractivity contribution in [3.8, 4) is 0 Å². The lowest BCUT2D eigenvalue weighted by Crippen LogP contribution is -2.38. The van der Waals surface area contributed by atoms with Crippen LogP contribution in [-0.2, 0) is 14.3 Å². The summed E-state index contributed by atoms with van der Waals surface area (Å²) in [7, 11) is 0. The summed E-state index contributed by atoms with van der Waals surface area (Å²) in [5, 5.41) is 0. The molecular weight excluding hydrogens is 230 g/mol. The van der Waals surface area contributed by atoms with E-state index in [-0.39, 0.29) is 0 Å². The Morgan fingerprint density at radius 3 is 2.28 bits per heavy atom. The highest BCUT2D eigenvalue weighted by Crippen LogP contribution is 2.22. The fraction of sp³-hybridized carbons (Fsp3) is 0.429. The van der Waals surface area contributed by atoms with E-state index in [0.717, 1.165) is 0 Å². The van der Waals surface area contributed by atoms with Crippen LogP contribution in [0.15, 0.2) is 30.3 Å². The number of esters is 1. The molecule has 2 unspecified atom stereocenters. The van der Waals surface area contributed by atoms with E-state index in [1.165, 1.54) is 0 Å². The summed E-state index contributed by atoms with van der Waals surface area (Å²) in [5.74, 6) is -1.24. The molecule has 18 heavy (non-hydrogen) atoms. The number of rotatable bonds is 4. The zero-order valence-corrected chi connectivity index (χ0v) is 10.9. The Hall–Kier alpha value is -1.68. The van der Waals surface area contributed by atoms with Gasteiger partial charge in [-0.1, -0.05) is 30.3 Å². The first-order valence-electron chi connectivity index (χ1n) is 5.84. The van der Waals surface area contributed by atoms with Gasteiger partial charge in [-0.15, -0.1) is 0 Å². The van der Waals surface area contributed by atoms with E-state index in [4.69, 9.17) is 10.5 Å². The monoisotopic (exact) mass is 249 g/mol. The molecule has 1 rings (SSSR count). The zero-order valence-electron chi connectivity index (χ0n) is 10.9. The lowest BCUT2D eigenvalue weighted by molar-refractivity contribution is -0.157. The largest absolute Gasteiger partial charge is 0.459 e. The van der Waals surface area contributed by atoms with Crippen LogP contribution in [0.1, 0.15) is 32.3 Å². The lowest BCUT2D eigenvalue weighted by atomic mass is 9.92. The fourth-order valence-electron chi connectivity index (χ4n) is 1.62. The maximum atomic E-state index is 12.1. The minimum Gasteiger partial charge on any atom is -0.459 e. The molecule has 0 radical (unpaired) electrons. The standard InChI is InChI=1S/C14H19NO3/c1-14(2,3)18-13(17)12(11(15)9-16)10-7-5-4-6-8-10/h4-9,11-12H,15H2,1-3H3. The first-order valence-corrected chi connectivity index (χ1v) is 5.84. The minimum absolute atomic E-state index is 0.478. The average Bonchev–Trinajstić information content (AvgIpc) is 2.28. The number of benzene rings is 1. The molecule has 1 aromatic rings. The van der Waals surface area contributed by atoms with Gasteiger partial charge in [-0.25, -0.2) is 0 Å². The molecule has 1 aromatic carbocycles. The first kappa shape index (κ1) is 14.4. The molecule has 0 aliphatic carbocycles. The lowest BCUT2D eigenvalue weighted by Gasteiger charge is -2.25. The third kappa shape index (κ3) is 3.96. The summed E-state index contributed by atoms with van der Waals surface area (Å²) in [6, 6.07) is 8.05. The van der Waals surface area contributed by atoms with Crippen molar-refractivity contribution in [2.45, 2.75) is 38.3 Å². The molecule has 0 bridgehead atoms. The molecule has 0 saturated carbocycles. The van der Waals surface area contributed by atoms with Crippen LogP contribution in [-0.4, -0.2) is 23.9 Å². The van der Waals surface area contributed by atoms with E-state index in [0.29, 0.717) is 11.8 Å². The molecular formula is C14H19NO3. The number of nitrogens with two attached hydrogens (primary N) is 1. The van der Waals surface area contributed by atoms with Crippen molar-refractivity contribution < 1.29 is 14.3 Å². The Morgan fingerprint density at radius 2 is 1.83 bits per heavy atom. The number of carbonyl (C=O) groups is 2. The van der Waals surface area contributed by atoms with Gasteiger partial charge in [0.25, 0.3) is 0 Å². The maximum Gasteiger partial charge on any atom is 0.315 e. The van der Waals surface area contributed by atoms with Crippen molar-refractivity contribution in [2.75, 3.05) is 0 Å². The molecule has 0 aliphatic heterocycles. The summed E-state index contributed by atoms with van der Waals surface area (Å²) >= 11 is 0. The SMILES string of the molecule is CC(C)(C)OC(=O)C(c1ccccc1)C(N)C=O. The maximum absolute atomic E-state index is 12.1. The zero-order chi connectivity index (χ0) is 13.8. The van der Waals surface area contributed by atoms with Gasteiger partial charge in [-0.2, -0.15) is 0 Å². The summed E-state index contributed by atoms with van der Waals surface area (Å²) < 4.78 is 5.30. The molecule has 0 amide bonds. The smallest absolute Gasteiger partial charge is 0.315 e. The average molecular weight is 249 g/mol. The van der Waals surface area contributed by atoms with E-state index < -0.39 is 23.5 Å². The number of ether oxygens (including phenoxy) is 1. The Morgan fingerprint density at radius 1 is 1.28 bits per heavy atom. The van der Waals surface area contributed by atoms with Crippen molar-refractivity contribution in [3.05, 3.63) is 35.9 Å². The van der Waals surface area contributed by atoms with E-state index in [1.54, 1.807) is 45.0 Å². The van der Waals surface area contributed by atoms with Gasteiger partial charge in [-0.3, -0.25) is 4.79 Å². The van der Waals surface area contributed by atoms with E-state index in [9.17, 15) is 9.59 Å². The Balaban J connectivity index is 3.00. The summed E-state index contributed by atoms with van der Waals surface area (Å²) in [4.78, 5) is 23.0. The van der Waals surface area contributed by atoms with Gasteiger partial charge in [0.05, 0.1) is 6.04 Å². The second kappa shape index (κ2) is 5.78. The highest BCUT2D eigenvalue weighted by Gasteiger charge is 2.31. The van der Waals surface area contributed by atoms with E-state index in [1.807, 2.05) is 6.07 Å². The fourth-order valence-corrected chi connectivity index (χ4v) is 1.62. The highest BCUT2D eigenvalue weighted by molar-refractivity contribution is 5.84. The van der Waals surface area contributed by atoms with Crippen LogP contribution in [0.4, 0.5) is 0 Å². The summed E-state index contributed by atoms with van der Waals surface area (Å²) in [6.07, 6.45) is 0.571. The van der Waals surface area contributed by atoms with Crippen LogP contribution in [0.25, 0.3) is 0 Å². The highest BCUT2D eigenvalue weighted by atomic mass is 16.6. The molecule has 0 spiro atoms. The van der Waals surface area contributed by atoms with Gasteiger partial charge in [0.15, 0.2) is 0 Å². The second-order valence-electron chi connectivity index (χ2n) is 5.14. The first-order chi connectivity index (χ1) is 8.35. The molecule has 0 fully saturated rings. The van der Waals surface area contributed by atoms with Gasteiger partial charge in [0.1, 0.15) is 17.8 Å². The van der Waals surface area contributed by atoms with Crippen LogP contribution in [0, 0.1) is 0 Å². The van der Waals surface area contributed by atoms with Gasteiger partial charge in [0, 0.05) is 0 Å². The van der Waals surface area contributed by atoms with E-state index >= 15 is 0 Å². The number of hydrogen-bond donors (Lipinski definition) is 1. The van der Waals surface area contributed by atoms with E-state index in [2.05, 4.69) is 0 Å². The third-order valence-electron chi connectivity index (χ3n) is 2.36. The molecule has 0 aliphatic rings. The molecule has 0 aromatic heterocycles. The van der Waals surface area contributed by atoms with Gasteiger partial charge >= 0.3 is 5.97 Å². The van der Waals surface area contributed by atoms with Crippen LogP contribution in [0.2, 0.25) is 0 Å². The second-order valence-corrected chi connectivity index (χ2v) is 5.14. The van der Waals surface area contributed by atoms with Gasteiger partial charge < -0.3 is 15.3 Å². The van der Waals surface area contributed by atoms with Crippen molar-refractivity contribution in [1.29, 1.82) is 0 Å². The predicted octanol–water partition coefficient (Wildman–Crippen LogP) is 1.64. The van der Waals surface area contributed by atoms with Crippen LogP contribution in [0.5, 0.6) is 0 Å². The van der Waals surface area contributed by atoms with Crippen LogP contribution in [0.3, 0.4) is 0 Å². The molecule has 4 nitrogen and oxygen atoms in total. The third-order valence-corrected chi connectivity index (χ3v) is 2.36. The Labute approximate surface area is 107 Å². The van der Waals surface area contributed by atoms with Crippen molar-refractivity contribution in [2.24, 2.45) is 5.73 Å². The van der Waals surface area contributed by atoms with Gasteiger partial charge in [-0.05, 0) is 26.3 Å². The molecule has 0 saturated heterocycles. The number of carbonyl (C=O) groups excluding carboxylic acids is 2. The summed E-state index contributed by atoms with van der Waals surface area (Å²) in [5.41, 5.74) is 5.78. The topological polar surface area (TPSA) is 69.4 Å². The minimum atomic E-state index is -0.901. The van der Waals surface area contributed by atoms with Gasteiger partial charge in [0.2, 0.25) is 0 Å². The Bertz CT molecular complexity index is 409. The van der Waals surface area contributed by atoms with Crippen LogP contribution >= 0.6 is 0 Å². The molecule has 4 heteroatoms. The van der Waals surface area contributed by atoms with Crippen molar-refractivity contribution >= 4 is 12.3 Å². The Kier molecular flexibility index (Phi) is 4.62. The summed E-state index contributed by atoms with van der Waals surface area (Å²) in [6.45, 7) is 5.33. The van der Waals surface area contributed by atoms with Crippen molar-refractivity contribution in [3.63, 3.8) is 0 Å². The molecule has 2 N–H and O–H groups in total.